The van der Waals surface area contributed by atoms with Gasteiger partial charge in [0.1, 0.15) is 5.75 Å². The van der Waals surface area contributed by atoms with Crippen LogP contribution in [0.5, 0.6) is 5.75 Å². The predicted molar refractivity (Wildman–Crippen MR) is 78.5 cm³/mol. The van der Waals surface area contributed by atoms with Crippen molar-refractivity contribution < 1.29 is 9.53 Å². The van der Waals surface area contributed by atoms with E-state index in [1.807, 2.05) is 45.9 Å². The predicted octanol–water partition coefficient (Wildman–Crippen LogP) is 2.85. The highest BCUT2D eigenvalue weighted by atomic mass is 16.5. The molecule has 0 heterocycles. The summed E-state index contributed by atoms with van der Waals surface area (Å²) in [7, 11) is 0. The summed E-state index contributed by atoms with van der Waals surface area (Å²) >= 11 is 0. The van der Waals surface area contributed by atoms with Gasteiger partial charge in [-0.1, -0.05) is 13.3 Å². The lowest BCUT2D eigenvalue weighted by Gasteiger charge is -2.15. The highest BCUT2D eigenvalue weighted by Gasteiger charge is 2.13. The maximum absolute atomic E-state index is 11.8. The summed E-state index contributed by atoms with van der Waals surface area (Å²) in [6.07, 6.45) is 1.73. The molecule has 0 bridgehead atoms. The summed E-state index contributed by atoms with van der Waals surface area (Å²) < 4.78 is 5.60. The van der Waals surface area contributed by atoms with Crippen LogP contribution in [0.4, 0.5) is 5.69 Å². The van der Waals surface area contributed by atoms with E-state index in [9.17, 15) is 4.79 Å². The molecule has 0 spiro atoms. The zero-order valence-electron chi connectivity index (χ0n) is 12.2. The van der Waals surface area contributed by atoms with Crippen molar-refractivity contribution in [3.63, 3.8) is 0 Å². The normalized spacial score (nSPS) is 12.3. The molecule has 0 aliphatic rings. The third-order valence-corrected chi connectivity index (χ3v) is 2.76. The molecule has 4 heteroatoms. The van der Waals surface area contributed by atoms with Gasteiger partial charge in [-0.2, -0.15) is 0 Å². The topological polar surface area (TPSA) is 64.4 Å². The molecule has 106 valence electrons. The lowest BCUT2D eigenvalue weighted by Crippen LogP contribution is -2.35. The highest BCUT2D eigenvalue weighted by molar-refractivity contribution is 5.95. The summed E-state index contributed by atoms with van der Waals surface area (Å²) in [6, 6.07) is 5.18. The zero-order chi connectivity index (χ0) is 14.4. The largest absolute Gasteiger partial charge is 0.491 e. The van der Waals surface area contributed by atoms with Crippen LogP contribution in [0.1, 0.15) is 39.2 Å². The molecule has 0 aliphatic carbocycles. The number of hydrogen-bond acceptors (Lipinski definition) is 3. The number of nitrogens with one attached hydrogen (secondary N) is 1. The van der Waals surface area contributed by atoms with Gasteiger partial charge in [-0.15, -0.1) is 0 Å². The van der Waals surface area contributed by atoms with E-state index >= 15 is 0 Å². The summed E-state index contributed by atoms with van der Waals surface area (Å²) in [4.78, 5) is 11.8. The average molecular weight is 264 g/mol. The van der Waals surface area contributed by atoms with Gasteiger partial charge in [-0.3, -0.25) is 4.79 Å². The fourth-order valence-electron chi connectivity index (χ4n) is 1.79. The van der Waals surface area contributed by atoms with Gasteiger partial charge < -0.3 is 15.8 Å². The molecule has 0 fully saturated rings. The molecule has 0 aliphatic heterocycles. The van der Waals surface area contributed by atoms with Crippen molar-refractivity contribution in [2.24, 2.45) is 5.73 Å². The van der Waals surface area contributed by atoms with E-state index in [0.717, 1.165) is 23.4 Å². The van der Waals surface area contributed by atoms with Crippen molar-refractivity contribution in [3.8, 4) is 5.75 Å². The van der Waals surface area contributed by atoms with Crippen molar-refractivity contribution >= 4 is 11.6 Å². The van der Waals surface area contributed by atoms with Crippen molar-refractivity contribution in [3.05, 3.63) is 23.8 Å². The van der Waals surface area contributed by atoms with Crippen molar-refractivity contribution in [2.45, 2.75) is 52.7 Å². The molecule has 3 N–H and O–H groups in total. The Bertz CT molecular complexity index is 430. The first-order valence-electron chi connectivity index (χ1n) is 6.77. The molecular formula is C15H24N2O2. The van der Waals surface area contributed by atoms with Gasteiger partial charge in [0.15, 0.2) is 0 Å². The van der Waals surface area contributed by atoms with E-state index in [-0.39, 0.29) is 12.0 Å². The van der Waals surface area contributed by atoms with Crippen LogP contribution in [-0.2, 0) is 4.79 Å². The minimum Gasteiger partial charge on any atom is -0.491 e. The third-order valence-electron chi connectivity index (χ3n) is 2.76. The van der Waals surface area contributed by atoms with E-state index in [4.69, 9.17) is 10.5 Å². The number of rotatable bonds is 6. The lowest BCUT2D eigenvalue weighted by molar-refractivity contribution is -0.117. The quantitative estimate of drug-likeness (QED) is 0.830. The Hall–Kier alpha value is -1.55. The Morgan fingerprint density at radius 3 is 2.63 bits per heavy atom. The van der Waals surface area contributed by atoms with Gasteiger partial charge in [0, 0.05) is 5.69 Å². The number of amides is 1. The molecular weight excluding hydrogens is 240 g/mol. The molecule has 1 aromatic carbocycles. The molecule has 19 heavy (non-hydrogen) atoms. The minimum absolute atomic E-state index is 0.137. The van der Waals surface area contributed by atoms with Crippen molar-refractivity contribution in [1.29, 1.82) is 0 Å². The maximum Gasteiger partial charge on any atom is 0.241 e. The summed E-state index contributed by atoms with van der Waals surface area (Å²) in [6.45, 7) is 7.91. The first kappa shape index (κ1) is 15.5. The number of anilines is 1. The fourth-order valence-corrected chi connectivity index (χ4v) is 1.79. The van der Waals surface area contributed by atoms with Gasteiger partial charge in [0.25, 0.3) is 0 Å². The Labute approximate surface area is 115 Å². The number of carbonyl (C=O) groups excluding carboxylic acids is 1. The molecule has 1 rings (SSSR count). The lowest BCUT2D eigenvalue weighted by atomic mass is 10.1. The van der Waals surface area contributed by atoms with Crippen molar-refractivity contribution in [1.82, 2.24) is 0 Å². The average Bonchev–Trinajstić information content (AvgIpc) is 2.32. The van der Waals surface area contributed by atoms with E-state index in [1.54, 1.807) is 0 Å². The van der Waals surface area contributed by atoms with Gasteiger partial charge in [0.05, 0.1) is 12.1 Å². The Kier molecular flexibility index (Phi) is 5.83. The molecule has 1 unspecified atom stereocenters. The molecule has 0 aromatic heterocycles. The van der Waals surface area contributed by atoms with E-state index < -0.39 is 6.04 Å². The molecule has 0 saturated heterocycles. The first-order chi connectivity index (χ1) is 8.93. The Morgan fingerprint density at radius 1 is 1.42 bits per heavy atom. The highest BCUT2D eigenvalue weighted by Crippen LogP contribution is 2.22. The smallest absolute Gasteiger partial charge is 0.241 e. The van der Waals surface area contributed by atoms with Gasteiger partial charge >= 0.3 is 0 Å². The number of ether oxygens (including phenoxy) is 1. The summed E-state index contributed by atoms with van der Waals surface area (Å²) in [5.74, 6) is 0.672. The number of carbonyl (C=O) groups is 1. The minimum atomic E-state index is -0.448. The van der Waals surface area contributed by atoms with Crippen LogP contribution in [0.2, 0.25) is 0 Å². The number of hydrogen-bond donors (Lipinski definition) is 2. The van der Waals surface area contributed by atoms with E-state index in [2.05, 4.69) is 5.32 Å². The van der Waals surface area contributed by atoms with Crippen LogP contribution in [-0.4, -0.2) is 18.1 Å². The van der Waals surface area contributed by atoms with Crippen LogP contribution < -0.4 is 15.8 Å². The maximum atomic E-state index is 11.8. The molecule has 1 aromatic rings. The third kappa shape index (κ3) is 4.91. The van der Waals surface area contributed by atoms with E-state index in [0.29, 0.717) is 6.42 Å². The standard InChI is InChI=1S/C15H24N2O2/c1-5-6-13(16)15(18)17-14-8-7-12(9-11(14)4)19-10(2)3/h7-10,13H,5-6,16H2,1-4H3,(H,17,18). The Morgan fingerprint density at radius 2 is 2.11 bits per heavy atom. The van der Waals surface area contributed by atoms with Crippen LogP contribution in [0.25, 0.3) is 0 Å². The zero-order valence-corrected chi connectivity index (χ0v) is 12.2. The van der Waals surface area contributed by atoms with Crippen LogP contribution in [0.3, 0.4) is 0 Å². The monoisotopic (exact) mass is 264 g/mol. The second-order valence-corrected chi connectivity index (χ2v) is 5.03. The second kappa shape index (κ2) is 7.14. The van der Waals surface area contributed by atoms with Gasteiger partial charge in [-0.05, 0) is 51.0 Å². The fraction of sp³-hybridized carbons (Fsp3) is 0.533. The number of benzene rings is 1. The molecule has 4 nitrogen and oxygen atoms in total. The van der Waals surface area contributed by atoms with Gasteiger partial charge in [0.2, 0.25) is 5.91 Å². The van der Waals surface area contributed by atoms with Crippen LogP contribution in [0, 0.1) is 6.92 Å². The molecule has 0 radical (unpaired) electrons. The summed E-state index contributed by atoms with van der Waals surface area (Å²) in [5, 5.41) is 2.86. The van der Waals surface area contributed by atoms with Crippen LogP contribution >= 0.6 is 0 Å². The Balaban J connectivity index is 2.72. The van der Waals surface area contributed by atoms with E-state index in [1.165, 1.54) is 0 Å². The van der Waals surface area contributed by atoms with Crippen molar-refractivity contribution in [2.75, 3.05) is 5.32 Å². The molecule has 0 saturated carbocycles. The molecule has 1 atom stereocenters. The van der Waals surface area contributed by atoms with Gasteiger partial charge in [-0.25, -0.2) is 0 Å². The first-order valence-corrected chi connectivity index (χ1v) is 6.77. The van der Waals surface area contributed by atoms with Crippen LogP contribution in [0.15, 0.2) is 18.2 Å². The SMILES string of the molecule is CCCC(N)C(=O)Nc1ccc(OC(C)C)cc1C. The number of aryl methyl sites for hydroxylation is 1. The second-order valence-electron chi connectivity index (χ2n) is 5.03. The number of nitrogens with two attached hydrogens (primary N) is 1. The molecule has 1 amide bonds. The summed E-state index contributed by atoms with van der Waals surface area (Å²) in [5.41, 5.74) is 7.54.